The number of carbonyl (C=O) groups is 2. The molecule has 5 heteroatoms. The Labute approximate surface area is 130 Å². The van der Waals surface area contributed by atoms with Gasteiger partial charge in [-0.3, -0.25) is 4.79 Å². The van der Waals surface area contributed by atoms with Crippen LogP contribution in [0.2, 0.25) is 0 Å². The van der Waals surface area contributed by atoms with Crippen LogP contribution in [0.25, 0.3) is 0 Å². The van der Waals surface area contributed by atoms with Crippen LogP contribution in [-0.4, -0.2) is 28.8 Å². The third kappa shape index (κ3) is 3.40. The van der Waals surface area contributed by atoms with Gasteiger partial charge in [-0.05, 0) is 46.1 Å². The van der Waals surface area contributed by atoms with Crippen molar-refractivity contribution in [1.29, 1.82) is 0 Å². The molecular formula is C17H23NO4. The lowest BCUT2D eigenvalue weighted by molar-refractivity contribution is -0.148. The standard InChI is InChI=1S/C17H23NO4/c1-11-6-5-7-12(8-11)17(14(19)20)9-13(10-17)18-15(21)22-16(2,3)4/h5-8,13H,9-10H2,1-4H3,(H,18,21)(H,19,20). The first-order chi connectivity index (χ1) is 10.1. The van der Waals surface area contributed by atoms with Crippen LogP contribution in [-0.2, 0) is 14.9 Å². The number of ether oxygens (including phenoxy) is 1. The van der Waals surface area contributed by atoms with Gasteiger partial charge in [-0.1, -0.05) is 29.8 Å². The van der Waals surface area contributed by atoms with Crippen molar-refractivity contribution in [2.24, 2.45) is 0 Å². The van der Waals surface area contributed by atoms with Crippen molar-refractivity contribution in [1.82, 2.24) is 5.32 Å². The number of carbonyl (C=O) groups excluding carboxylic acids is 1. The summed E-state index contributed by atoms with van der Waals surface area (Å²) in [6, 6.07) is 7.37. The predicted octanol–water partition coefficient (Wildman–Crippen LogP) is 3.00. The fourth-order valence-corrected chi connectivity index (χ4v) is 2.83. The fourth-order valence-electron chi connectivity index (χ4n) is 2.83. The zero-order chi connectivity index (χ0) is 16.5. The van der Waals surface area contributed by atoms with Crippen LogP contribution in [0.4, 0.5) is 4.79 Å². The molecule has 0 saturated heterocycles. The first-order valence-corrected chi connectivity index (χ1v) is 7.42. The molecule has 1 aliphatic rings. The highest BCUT2D eigenvalue weighted by Crippen LogP contribution is 2.44. The van der Waals surface area contributed by atoms with E-state index in [1.807, 2.05) is 31.2 Å². The number of carboxylic acid groups (broad SMARTS) is 1. The van der Waals surface area contributed by atoms with Gasteiger partial charge in [0.25, 0.3) is 0 Å². The van der Waals surface area contributed by atoms with Gasteiger partial charge in [-0.15, -0.1) is 0 Å². The average Bonchev–Trinajstić information content (AvgIpc) is 2.30. The van der Waals surface area contributed by atoms with E-state index in [0.29, 0.717) is 12.8 Å². The van der Waals surface area contributed by atoms with Crippen molar-refractivity contribution in [3.8, 4) is 0 Å². The zero-order valence-corrected chi connectivity index (χ0v) is 13.5. The Morgan fingerprint density at radius 1 is 1.32 bits per heavy atom. The van der Waals surface area contributed by atoms with Crippen LogP contribution >= 0.6 is 0 Å². The van der Waals surface area contributed by atoms with Crippen LogP contribution in [0.1, 0.15) is 44.7 Å². The highest BCUT2D eigenvalue weighted by molar-refractivity contribution is 5.83. The first-order valence-electron chi connectivity index (χ1n) is 7.42. The van der Waals surface area contributed by atoms with E-state index in [0.717, 1.165) is 11.1 Å². The Morgan fingerprint density at radius 3 is 2.45 bits per heavy atom. The Bertz CT molecular complexity index is 583. The number of amides is 1. The molecular weight excluding hydrogens is 282 g/mol. The maximum atomic E-state index is 11.8. The third-order valence-electron chi connectivity index (χ3n) is 3.89. The van der Waals surface area contributed by atoms with E-state index in [2.05, 4.69) is 5.32 Å². The fraction of sp³-hybridized carbons (Fsp3) is 0.529. The number of benzene rings is 1. The van der Waals surface area contributed by atoms with E-state index in [9.17, 15) is 14.7 Å². The molecule has 0 aromatic heterocycles. The Kier molecular flexibility index (Phi) is 4.18. The second-order valence-corrected chi connectivity index (χ2v) is 7.01. The predicted molar refractivity (Wildman–Crippen MR) is 82.9 cm³/mol. The van der Waals surface area contributed by atoms with E-state index in [-0.39, 0.29) is 6.04 Å². The maximum Gasteiger partial charge on any atom is 0.407 e. The van der Waals surface area contributed by atoms with Gasteiger partial charge >= 0.3 is 12.1 Å². The summed E-state index contributed by atoms with van der Waals surface area (Å²) in [5.41, 5.74) is 0.351. The van der Waals surface area contributed by atoms with Gasteiger partial charge in [-0.2, -0.15) is 0 Å². The van der Waals surface area contributed by atoms with E-state index in [1.165, 1.54) is 0 Å². The summed E-state index contributed by atoms with van der Waals surface area (Å²) >= 11 is 0. The molecule has 1 aromatic carbocycles. The summed E-state index contributed by atoms with van der Waals surface area (Å²) in [4.78, 5) is 23.5. The van der Waals surface area contributed by atoms with Gasteiger partial charge in [0.2, 0.25) is 0 Å². The molecule has 22 heavy (non-hydrogen) atoms. The molecule has 0 radical (unpaired) electrons. The summed E-state index contributed by atoms with van der Waals surface area (Å²) < 4.78 is 5.20. The monoisotopic (exact) mass is 305 g/mol. The summed E-state index contributed by atoms with van der Waals surface area (Å²) in [7, 11) is 0. The van der Waals surface area contributed by atoms with Gasteiger partial charge < -0.3 is 15.2 Å². The second-order valence-electron chi connectivity index (χ2n) is 7.01. The van der Waals surface area contributed by atoms with Gasteiger partial charge in [0.05, 0.1) is 5.41 Å². The van der Waals surface area contributed by atoms with Crippen LogP contribution in [0.3, 0.4) is 0 Å². The molecule has 0 bridgehead atoms. The molecule has 1 amide bonds. The number of carboxylic acids is 1. The molecule has 1 aliphatic carbocycles. The van der Waals surface area contributed by atoms with Crippen molar-refractivity contribution in [3.05, 3.63) is 35.4 Å². The minimum Gasteiger partial charge on any atom is -0.481 e. The number of aryl methyl sites for hydroxylation is 1. The Hall–Kier alpha value is -2.04. The summed E-state index contributed by atoms with van der Waals surface area (Å²) in [6.45, 7) is 7.32. The van der Waals surface area contributed by atoms with Gasteiger partial charge in [0.1, 0.15) is 5.60 Å². The van der Waals surface area contributed by atoms with E-state index < -0.39 is 23.1 Å². The topological polar surface area (TPSA) is 75.6 Å². The van der Waals surface area contributed by atoms with E-state index >= 15 is 0 Å². The molecule has 0 unspecified atom stereocenters. The number of alkyl carbamates (subject to hydrolysis) is 1. The van der Waals surface area contributed by atoms with Crippen molar-refractivity contribution in [3.63, 3.8) is 0 Å². The lowest BCUT2D eigenvalue weighted by atomic mass is 9.61. The molecule has 120 valence electrons. The number of hydrogen-bond acceptors (Lipinski definition) is 3. The van der Waals surface area contributed by atoms with Gasteiger partial charge in [0, 0.05) is 6.04 Å². The Morgan fingerprint density at radius 2 is 1.95 bits per heavy atom. The number of rotatable bonds is 3. The van der Waals surface area contributed by atoms with Crippen molar-refractivity contribution in [2.75, 3.05) is 0 Å². The zero-order valence-electron chi connectivity index (χ0n) is 13.5. The Balaban J connectivity index is 2.04. The average molecular weight is 305 g/mol. The van der Waals surface area contributed by atoms with Crippen LogP contribution in [0.15, 0.2) is 24.3 Å². The first kappa shape index (κ1) is 16.3. The molecule has 0 spiro atoms. The number of nitrogens with one attached hydrogen (secondary N) is 1. The van der Waals surface area contributed by atoms with Crippen molar-refractivity contribution in [2.45, 2.75) is 57.6 Å². The minimum absolute atomic E-state index is 0.175. The third-order valence-corrected chi connectivity index (χ3v) is 3.89. The highest BCUT2D eigenvalue weighted by atomic mass is 16.6. The van der Waals surface area contributed by atoms with Gasteiger partial charge in [-0.25, -0.2) is 4.79 Å². The lowest BCUT2D eigenvalue weighted by Gasteiger charge is -2.45. The smallest absolute Gasteiger partial charge is 0.407 e. The van der Waals surface area contributed by atoms with Crippen molar-refractivity contribution >= 4 is 12.1 Å². The van der Waals surface area contributed by atoms with Gasteiger partial charge in [0.15, 0.2) is 0 Å². The number of hydrogen-bond donors (Lipinski definition) is 2. The molecule has 1 saturated carbocycles. The van der Waals surface area contributed by atoms with Crippen LogP contribution < -0.4 is 5.32 Å². The van der Waals surface area contributed by atoms with E-state index in [4.69, 9.17) is 4.74 Å². The summed E-state index contributed by atoms with van der Waals surface area (Å²) in [5, 5.41) is 12.4. The molecule has 0 heterocycles. The van der Waals surface area contributed by atoms with Crippen molar-refractivity contribution < 1.29 is 19.4 Å². The molecule has 0 aliphatic heterocycles. The maximum absolute atomic E-state index is 11.8. The molecule has 1 fully saturated rings. The molecule has 1 aromatic rings. The normalized spacial score (nSPS) is 24.3. The summed E-state index contributed by atoms with van der Waals surface area (Å²) in [5.74, 6) is -0.847. The molecule has 2 N–H and O–H groups in total. The quantitative estimate of drug-likeness (QED) is 0.900. The summed E-state index contributed by atoms with van der Waals surface area (Å²) in [6.07, 6.45) is 0.261. The largest absolute Gasteiger partial charge is 0.481 e. The highest BCUT2D eigenvalue weighted by Gasteiger charge is 2.52. The SMILES string of the molecule is Cc1cccc(C2(C(=O)O)CC(NC(=O)OC(C)(C)C)C2)c1. The number of aliphatic carboxylic acids is 1. The molecule has 2 rings (SSSR count). The minimum atomic E-state index is -0.911. The van der Waals surface area contributed by atoms with E-state index in [1.54, 1.807) is 20.8 Å². The molecule has 5 nitrogen and oxygen atoms in total. The second kappa shape index (κ2) is 5.63. The van der Waals surface area contributed by atoms with Crippen LogP contribution in [0, 0.1) is 6.92 Å². The van der Waals surface area contributed by atoms with Crippen LogP contribution in [0.5, 0.6) is 0 Å². The lowest BCUT2D eigenvalue weighted by Crippen LogP contribution is -2.57. The molecule has 0 atom stereocenters.